The number of hydrogen-bond acceptors (Lipinski definition) is 3. The van der Waals surface area contributed by atoms with Crippen LogP contribution in [0.2, 0.25) is 5.02 Å². The Kier molecular flexibility index (Phi) is 8.05. The van der Waals surface area contributed by atoms with E-state index in [1.54, 1.807) is 19.1 Å². The molecule has 1 aromatic rings. The molecule has 2 atom stereocenters. The second kappa shape index (κ2) is 10.1. The van der Waals surface area contributed by atoms with Crippen LogP contribution in [0.5, 0.6) is 0 Å². The van der Waals surface area contributed by atoms with Gasteiger partial charge in [-0.3, -0.25) is 9.59 Å². The lowest BCUT2D eigenvalue weighted by Crippen LogP contribution is -2.51. The molecule has 0 saturated carbocycles. The Bertz CT molecular complexity index is 737. The van der Waals surface area contributed by atoms with E-state index in [0.29, 0.717) is 43.5 Å². The number of benzene rings is 1. The number of carbonyl (C=O) groups excluding carboxylic acids is 2. The molecule has 0 bridgehead atoms. The van der Waals surface area contributed by atoms with E-state index >= 15 is 0 Å². The second-order valence-electron chi connectivity index (χ2n) is 8.01. The Labute approximate surface area is 178 Å². The predicted molar refractivity (Wildman–Crippen MR) is 117 cm³/mol. The van der Waals surface area contributed by atoms with Crippen molar-refractivity contribution in [3.8, 4) is 0 Å². The van der Waals surface area contributed by atoms with E-state index in [2.05, 4.69) is 23.8 Å². The predicted octanol–water partition coefficient (Wildman–Crippen LogP) is 3.70. The van der Waals surface area contributed by atoms with Gasteiger partial charge in [-0.05, 0) is 56.7 Å². The largest absolute Gasteiger partial charge is 0.387 e. The van der Waals surface area contributed by atoms with Gasteiger partial charge in [-0.15, -0.1) is 13.2 Å². The molecule has 1 aliphatic rings. The van der Waals surface area contributed by atoms with Gasteiger partial charge in [-0.1, -0.05) is 35.9 Å². The lowest BCUT2D eigenvalue weighted by Gasteiger charge is -2.34. The number of hydrogen-bond donors (Lipinski definition) is 3. The van der Waals surface area contributed by atoms with E-state index in [-0.39, 0.29) is 18.2 Å². The summed E-state index contributed by atoms with van der Waals surface area (Å²) in [5.74, 6) is -0.139. The first kappa shape index (κ1) is 23.2. The van der Waals surface area contributed by atoms with Gasteiger partial charge < -0.3 is 15.7 Å². The average Bonchev–Trinajstić information content (AvgIpc) is 3.03. The van der Waals surface area contributed by atoms with E-state index < -0.39 is 17.2 Å². The van der Waals surface area contributed by atoms with E-state index in [0.717, 1.165) is 5.56 Å². The van der Waals surface area contributed by atoms with E-state index in [4.69, 9.17) is 11.6 Å². The lowest BCUT2D eigenvalue weighted by atomic mass is 9.84. The van der Waals surface area contributed by atoms with Crippen molar-refractivity contribution in [3.63, 3.8) is 0 Å². The molecule has 6 heteroatoms. The van der Waals surface area contributed by atoms with E-state index in [9.17, 15) is 14.7 Å². The first-order chi connectivity index (χ1) is 13.7. The van der Waals surface area contributed by atoms with Gasteiger partial charge in [0.15, 0.2) is 0 Å². The highest BCUT2D eigenvalue weighted by molar-refractivity contribution is 6.30. The molecule has 5 nitrogen and oxygen atoms in total. The van der Waals surface area contributed by atoms with Crippen molar-refractivity contribution in [2.45, 2.75) is 69.1 Å². The van der Waals surface area contributed by atoms with Crippen LogP contribution in [0.3, 0.4) is 0 Å². The van der Waals surface area contributed by atoms with Crippen LogP contribution in [-0.2, 0) is 16.0 Å². The van der Waals surface area contributed by atoms with Gasteiger partial charge >= 0.3 is 0 Å². The summed E-state index contributed by atoms with van der Waals surface area (Å²) >= 11 is 5.96. The molecular formula is C23H31ClN2O3. The van der Waals surface area contributed by atoms with E-state index in [1.807, 2.05) is 24.3 Å². The zero-order chi connectivity index (χ0) is 21.5. The number of carbonyl (C=O) groups is 2. The Morgan fingerprint density at radius 2 is 1.97 bits per heavy atom. The summed E-state index contributed by atoms with van der Waals surface area (Å²) in [5.41, 5.74) is -0.483. The standard InChI is InChI=1S/C23H31ClN2O3/c1-4-12-23(29,13-5-2)17(3)25-20(27)10-14-22(15-11-21(28)26-22)16-18-6-8-19(24)9-7-18/h4-9,17,29H,1-2,10-16H2,3H3,(H,25,27)(H,26,28)/t17-,22+/m1/s1. The normalized spacial score (nSPS) is 20.0. The van der Waals surface area contributed by atoms with Gasteiger partial charge in [0.2, 0.25) is 11.8 Å². The van der Waals surface area contributed by atoms with Gasteiger partial charge in [-0.25, -0.2) is 0 Å². The highest BCUT2D eigenvalue weighted by Gasteiger charge is 2.38. The van der Waals surface area contributed by atoms with Crippen molar-refractivity contribution >= 4 is 23.4 Å². The topological polar surface area (TPSA) is 78.4 Å². The molecule has 0 radical (unpaired) electrons. The zero-order valence-corrected chi connectivity index (χ0v) is 17.8. The summed E-state index contributed by atoms with van der Waals surface area (Å²) in [7, 11) is 0. The molecule has 1 heterocycles. The van der Waals surface area contributed by atoms with Crippen LogP contribution in [0.15, 0.2) is 49.6 Å². The third-order valence-electron chi connectivity index (χ3n) is 5.70. The van der Waals surface area contributed by atoms with Gasteiger partial charge in [0.1, 0.15) is 0 Å². The Hall–Kier alpha value is -2.11. The molecular weight excluding hydrogens is 388 g/mol. The molecule has 1 fully saturated rings. The van der Waals surface area contributed by atoms with Crippen molar-refractivity contribution in [2.24, 2.45) is 0 Å². The number of nitrogens with one attached hydrogen (secondary N) is 2. The van der Waals surface area contributed by atoms with Crippen LogP contribution in [0.4, 0.5) is 0 Å². The number of aliphatic hydroxyl groups is 1. The van der Waals surface area contributed by atoms with E-state index in [1.165, 1.54) is 0 Å². The fraction of sp³-hybridized carbons (Fsp3) is 0.478. The second-order valence-corrected chi connectivity index (χ2v) is 8.45. The quantitative estimate of drug-likeness (QED) is 0.479. The van der Waals surface area contributed by atoms with Gasteiger partial charge in [0.25, 0.3) is 0 Å². The molecule has 0 spiro atoms. The Morgan fingerprint density at radius 3 is 2.48 bits per heavy atom. The smallest absolute Gasteiger partial charge is 0.220 e. The Balaban J connectivity index is 2.00. The van der Waals surface area contributed by atoms with Crippen LogP contribution >= 0.6 is 11.6 Å². The van der Waals surface area contributed by atoms with Crippen molar-refractivity contribution in [1.82, 2.24) is 10.6 Å². The molecule has 29 heavy (non-hydrogen) atoms. The third-order valence-corrected chi connectivity index (χ3v) is 5.95. The molecule has 0 aromatic heterocycles. The maximum Gasteiger partial charge on any atom is 0.220 e. The lowest BCUT2D eigenvalue weighted by molar-refractivity contribution is -0.125. The summed E-state index contributed by atoms with van der Waals surface area (Å²) in [5, 5.41) is 17.4. The minimum Gasteiger partial charge on any atom is -0.387 e. The summed E-state index contributed by atoms with van der Waals surface area (Å²) in [6, 6.07) is 7.10. The summed E-state index contributed by atoms with van der Waals surface area (Å²) in [6.45, 7) is 9.15. The molecule has 1 aromatic carbocycles. The number of rotatable bonds is 11. The highest BCUT2D eigenvalue weighted by Crippen LogP contribution is 2.30. The fourth-order valence-corrected chi connectivity index (χ4v) is 4.04. The van der Waals surface area contributed by atoms with Crippen LogP contribution in [0, 0.1) is 0 Å². The van der Waals surface area contributed by atoms with Crippen LogP contribution in [0.1, 0.15) is 51.0 Å². The minimum atomic E-state index is -1.11. The van der Waals surface area contributed by atoms with Crippen molar-refractivity contribution in [3.05, 3.63) is 60.2 Å². The third kappa shape index (κ3) is 6.44. The van der Waals surface area contributed by atoms with Crippen LogP contribution in [0.25, 0.3) is 0 Å². The maximum atomic E-state index is 12.6. The number of halogens is 1. The minimum absolute atomic E-state index is 0.0130. The van der Waals surface area contributed by atoms with Crippen LogP contribution < -0.4 is 10.6 Å². The Morgan fingerprint density at radius 1 is 1.34 bits per heavy atom. The monoisotopic (exact) mass is 418 g/mol. The molecule has 1 aliphatic heterocycles. The summed E-state index contributed by atoms with van der Waals surface area (Å²) < 4.78 is 0. The molecule has 2 amide bonds. The first-order valence-electron chi connectivity index (χ1n) is 10.0. The average molecular weight is 419 g/mol. The maximum absolute atomic E-state index is 12.6. The molecule has 1 saturated heterocycles. The number of amides is 2. The van der Waals surface area contributed by atoms with Gasteiger partial charge in [-0.2, -0.15) is 0 Å². The van der Waals surface area contributed by atoms with Gasteiger partial charge in [0.05, 0.1) is 11.6 Å². The zero-order valence-electron chi connectivity index (χ0n) is 17.0. The molecule has 0 unspecified atom stereocenters. The fourth-order valence-electron chi connectivity index (χ4n) is 3.91. The van der Waals surface area contributed by atoms with Crippen LogP contribution in [-0.4, -0.2) is 34.1 Å². The van der Waals surface area contributed by atoms with Crippen molar-refractivity contribution < 1.29 is 14.7 Å². The molecule has 3 N–H and O–H groups in total. The molecule has 158 valence electrons. The van der Waals surface area contributed by atoms with Crippen molar-refractivity contribution in [2.75, 3.05) is 0 Å². The highest BCUT2D eigenvalue weighted by atomic mass is 35.5. The van der Waals surface area contributed by atoms with Gasteiger partial charge in [0, 0.05) is 23.4 Å². The molecule has 2 rings (SSSR count). The summed E-state index contributed by atoms with van der Waals surface area (Å²) in [4.78, 5) is 24.5. The SMILES string of the molecule is C=CCC(O)(CC=C)[C@@H](C)NC(=O)CC[C@@]1(Cc2ccc(Cl)cc2)CCC(=O)N1. The molecule has 0 aliphatic carbocycles. The van der Waals surface area contributed by atoms with Crippen molar-refractivity contribution in [1.29, 1.82) is 0 Å². The summed E-state index contributed by atoms with van der Waals surface area (Å²) in [6.07, 6.45) is 6.59. The first-order valence-corrected chi connectivity index (χ1v) is 10.4.